The van der Waals surface area contributed by atoms with Crippen LogP contribution in [0.3, 0.4) is 0 Å². The van der Waals surface area contributed by atoms with Gasteiger partial charge in [-0.3, -0.25) is 4.57 Å². The Morgan fingerprint density at radius 3 is 2.80 bits per heavy atom. The van der Waals surface area contributed by atoms with Gasteiger partial charge in [0.05, 0.1) is 28.3 Å². The molecule has 1 heterocycles. The number of hydrogen-bond donors (Lipinski definition) is 1. The van der Waals surface area contributed by atoms with Crippen LogP contribution in [0.2, 0.25) is 5.02 Å². The maximum Gasteiger partial charge on any atom is 0.182 e. The molecule has 102 valence electrons. The molecular weight excluding hydrogens is 360 g/mol. The zero-order valence-corrected chi connectivity index (χ0v) is 13.6. The molecule has 0 aliphatic heterocycles. The molecule has 0 aliphatic carbocycles. The largest absolute Gasteiger partial charge is 0.495 e. The number of nitrogens with one attached hydrogen (secondary N) is 1. The van der Waals surface area contributed by atoms with E-state index in [1.54, 1.807) is 7.11 Å². The minimum Gasteiger partial charge on any atom is -0.495 e. The second-order valence-corrected chi connectivity index (χ2v) is 5.92. The molecule has 2 aromatic carbocycles. The molecule has 3 rings (SSSR count). The van der Waals surface area contributed by atoms with Crippen LogP contribution in [-0.4, -0.2) is 16.7 Å². The van der Waals surface area contributed by atoms with Crippen molar-refractivity contribution in [3.63, 3.8) is 0 Å². The fraction of sp³-hybridized carbons (Fsp3) is 0.0714. The SMILES string of the molecule is COc1cc(-n2c(=S)[nH]c3ccc(Cl)cc32)ccc1Br. The van der Waals surface area contributed by atoms with Crippen LogP contribution in [0.5, 0.6) is 5.75 Å². The summed E-state index contributed by atoms with van der Waals surface area (Å²) >= 11 is 14.9. The van der Waals surface area contributed by atoms with Gasteiger partial charge in [-0.25, -0.2) is 0 Å². The number of aromatic nitrogens is 2. The van der Waals surface area contributed by atoms with Gasteiger partial charge in [-0.05, 0) is 58.5 Å². The maximum absolute atomic E-state index is 6.08. The highest BCUT2D eigenvalue weighted by molar-refractivity contribution is 9.10. The van der Waals surface area contributed by atoms with Gasteiger partial charge in [0.1, 0.15) is 5.75 Å². The van der Waals surface area contributed by atoms with E-state index in [0.717, 1.165) is 26.9 Å². The Morgan fingerprint density at radius 1 is 1.25 bits per heavy atom. The quantitative estimate of drug-likeness (QED) is 0.636. The molecule has 20 heavy (non-hydrogen) atoms. The van der Waals surface area contributed by atoms with E-state index in [4.69, 9.17) is 28.6 Å². The van der Waals surface area contributed by atoms with E-state index >= 15 is 0 Å². The third-order valence-corrected chi connectivity index (χ3v) is 4.21. The minimum absolute atomic E-state index is 0.617. The molecule has 3 aromatic rings. The molecule has 0 spiro atoms. The van der Waals surface area contributed by atoms with Gasteiger partial charge in [-0.1, -0.05) is 11.6 Å². The Hall–Kier alpha value is -1.30. The summed E-state index contributed by atoms with van der Waals surface area (Å²) in [6.45, 7) is 0. The van der Waals surface area contributed by atoms with Gasteiger partial charge in [0.2, 0.25) is 0 Å². The molecule has 0 aliphatic rings. The Kier molecular flexibility index (Phi) is 3.58. The summed E-state index contributed by atoms with van der Waals surface area (Å²) in [5.74, 6) is 0.751. The molecule has 0 amide bonds. The summed E-state index contributed by atoms with van der Waals surface area (Å²) in [4.78, 5) is 3.17. The Bertz CT molecular complexity index is 856. The summed E-state index contributed by atoms with van der Waals surface area (Å²) in [5.41, 5.74) is 2.80. The molecule has 1 aromatic heterocycles. The van der Waals surface area contributed by atoms with E-state index in [2.05, 4.69) is 20.9 Å². The van der Waals surface area contributed by atoms with Gasteiger partial charge in [-0.15, -0.1) is 0 Å². The minimum atomic E-state index is 0.617. The summed E-state index contributed by atoms with van der Waals surface area (Å²) < 4.78 is 8.78. The highest BCUT2D eigenvalue weighted by Gasteiger charge is 2.09. The van der Waals surface area contributed by atoms with Crippen LogP contribution in [0, 0.1) is 4.77 Å². The molecule has 0 unspecified atom stereocenters. The Morgan fingerprint density at radius 2 is 2.05 bits per heavy atom. The number of ether oxygens (including phenoxy) is 1. The second-order valence-electron chi connectivity index (χ2n) is 4.25. The van der Waals surface area contributed by atoms with E-state index in [1.807, 2.05) is 41.0 Å². The topological polar surface area (TPSA) is 29.9 Å². The van der Waals surface area contributed by atoms with Crippen molar-refractivity contribution in [3.05, 3.63) is 50.7 Å². The number of benzene rings is 2. The molecule has 0 radical (unpaired) electrons. The average Bonchev–Trinajstić information content (AvgIpc) is 2.75. The first kappa shape index (κ1) is 13.7. The fourth-order valence-corrected chi connectivity index (χ4v) is 3.01. The van der Waals surface area contributed by atoms with E-state index in [1.165, 1.54) is 0 Å². The lowest BCUT2D eigenvalue weighted by Crippen LogP contribution is -1.95. The fourth-order valence-electron chi connectivity index (χ4n) is 2.12. The van der Waals surface area contributed by atoms with Crippen LogP contribution in [-0.2, 0) is 0 Å². The highest BCUT2D eigenvalue weighted by atomic mass is 79.9. The zero-order chi connectivity index (χ0) is 14.3. The molecule has 0 saturated carbocycles. The first-order chi connectivity index (χ1) is 9.60. The molecular formula is C14H10BrClN2OS. The van der Waals surface area contributed by atoms with Gasteiger partial charge in [0.25, 0.3) is 0 Å². The maximum atomic E-state index is 6.08. The number of nitrogens with zero attached hydrogens (tertiary/aromatic N) is 1. The lowest BCUT2D eigenvalue weighted by atomic mass is 10.2. The number of aromatic amines is 1. The molecule has 6 heteroatoms. The molecule has 0 fully saturated rings. The molecule has 0 saturated heterocycles. The smallest absolute Gasteiger partial charge is 0.182 e. The van der Waals surface area contributed by atoms with Crippen LogP contribution in [0.1, 0.15) is 0 Å². The molecule has 0 atom stereocenters. The van der Waals surface area contributed by atoms with Gasteiger partial charge >= 0.3 is 0 Å². The highest BCUT2D eigenvalue weighted by Crippen LogP contribution is 2.29. The predicted octanol–water partition coefficient (Wildman–Crippen LogP) is 5.11. The monoisotopic (exact) mass is 368 g/mol. The lowest BCUT2D eigenvalue weighted by molar-refractivity contribution is 0.412. The summed E-state index contributed by atoms with van der Waals surface area (Å²) in [6.07, 6.45) is 0. The van der Waals surface area contributed by atoms with Crippen LogP contribution < -0.4 is 4.74 Å². The number of hydrogen-bond acceptors (Lipinski definition) is 2. The molecule has 1 N–H and O–H groups in total. The summed E-state index contributed by atoms with van der Waals surface area (Å²) in [5, 5.41) is 0.671. The average molecular weight is 370 g/mol. The Balaban J connectivity index is 2.31. The van der Waals surface area contributed by atoms with Gasteiger partial charge in [-0.2, -0.15) is 0 Å². The number of halogens is 2. The number of imidazole rings is 1. The molecule has 0 bridgehead atoms. The van der Waals surface area contributed by atoms with Crippen LogP contribution in [0.15, 0.2) is 40.9 Å². The van der Waals surface area contributed by atoms with Crippen molar-refractivity contribution in [1.29, 1.82) is 0 Å². The standard InChI is InChI=1S/C14H10BrClN2OS/c1-19-13-7-9(3-4-10(13)15)18-12-6-8(16)2-5-11(12)17-14(18)20/h2-7H,1H3,(H,17,20). The van der Waals surface area contributed by atoms with Crippen LogP contribution >= 0.6 is 39.7 Å². The van der Waals surface area contributed by atoms with E-state index in [9.17, 15) is 0 Å². The van der Waals surface area contributed by atoms with Gasteiger partial charge < -0.3 is 9.72 Å². The van der Waals surface area contributed by atoms with Crippen molar-refractivity contribution in [3.8, 4) is 11.4 Å². The zero-order valence-electron chi connectivity index (χ0n) is 10.5. The number of rotatable bonds is 2. The molecule has 3 nitrogen and oxygen atoms in total. The Labute approximate surface area is 134 Å². The first-order valence-corrected chi connectivity index (χ1v) is 7.42. The number of H-pyrrole nitrogens is 1. The second kappa shape index (κ2) is 5.24. The van der Waals surface area contributed by atoms with Crippen molar-refractivity contribution in [1.82, 2.24) is 9.55 Å². The number of methoxy groups -OCH3 is 1. The third kappa shape index (κ3) is 2.26. The van der Waals surface area contributed by atoms with Crippen molar-refractivity contribution in [2.75, 3.05) is 7.11 Å². The van der Waals surface area contributed by atoms with E-state index in [0.29, 0.717) is 9.79 Å². The third-order valence-electron chi connectivity index (χ3n) is 3.04. The van der Waals surface area contributed by atoms with Crippen LogP contribution in [0.25, 0.3) is 16.7 Å². The predicted molar refractivity (Wildman–Crippen MR) is 87.7 cm³/mol. The van der Waals surface area contributed by atoms with E-state index < -0.39 is 0 Å². The van der Waals surface area contributed by atoms with Crippen LogP contribution in [0.4, 0.5) is 0 Å². The van der Waals surface area contributed by atoms with Crippen molar-refractivity contribution in [2.45, 2.75) is 0 Å². The van der Waals surface area contributed by atoms with Crippen molar-refractivity contribution >= 4 is 50.8 Å². The summed E-state index contributed by atoms with van der Waals surface area (Å²) in [7, 11) is 1.63. The van der Waals surface area contributed by atoms with E-state index in [-0.39, 0.29) is 0 Å². The van der Waals surface area contributed by atoms with Gasteiger partial charge in [0.15, 0.2) is 4.77 Å². The van der Waals surface area contributed by atoms with Crippen molar-refractivity contribution < 1.29 is 4.74 Å². The number of fused-ring (bicyclic) bond motifs is 1. The summed E-state index contributed by atoms with van der Waals surface area (Å²) in [6, 6.07) is 11.5. The normalized spacial score (nSPS) is 10.9. The van der Waals surface area contributed by atoms with Crippen molar-refractivity contribution in [2.24, 2.45) is 0 Å². The van der Waals surface area contributed by atoms with Gasteiger partial charge in [0, 0.05) is 11.1 Å². The first-order valence-electron chi connectivity index (χ1n) is 5.84. The lowest BCUT2D eigenvalue weighted by Gasteiger charge is -2.08.